The van der Waals surface area contributed by atoms with Crippen LogP contribution in [0.4, 0.5) is 0 Å². The average Bonchev–Trinajstić information content (AvgIpc) is 3.08. The van der Waals surface area contributed by atoms with Crippen molar-refractivity contribution in [3.05, 3.63) is 100 Å². The Morgan fingerprint density at radius 3 is 2.31 bits per heavy atom. The van der Waals surface area contributed by atoms with E-state index in [-0.39, 0.29) is 5.56 Å². The number of aromatic nitrogens is 3. The fourth-order valence-electron chi connectivity index (χ4n) is 4.16. The van der Waals surface area contributed by atoms with Gasteiger partial charge in [-0.1, -0.05) is 30.3 Å². The van der Waals surface area contributed by atoms with Crippen molar-refractivity contribution in [2.75, 3.05) is 7.11 Å². The van der Waals surface area contributed by atoms with Gasteiger partial charge in [0.1, 0.15) is 11.6 Å². The zero-order valence-corrected chi connectivity index (χ0v) is 18.2. The highest BCUT2D eigenvalue weighted by atomic mass is 16.5. The van der Waals surface area contributed by atoms with E-state index >= 15 is 0 Å². The third-order valence-electron chi connectivity index (χ3n) is 5.98. The molecule has 0 bridgehead atoms. The Morgan fingerprint density at radius 2 is 1.56 bits per heavy atom. The molecule has 2 heterocycles. The van der Waals surface area contributed by atoms with E-state index in [0.29, 0.717) is 16.7 Å². The first-order chi connectivity index (χ1) is 15.6. The molecule has 0 amide bonds. The molecule has 0 aliphatic carbocycles. The second-order valence-corrected chi connectivity index (χ2v) is 7.73. The van der Waals surface area contributed by atoms with Crippen molar-refractivity contribution in [1.82, 2.24) is 14.1 Å². The zero-order chi connectivity index (χ0) is 22.2. The van der Waals surface area contributed by atoms with Gasteiger partial charge in [0.2, 0.25) is 0 Å². The lowest BCUT2D eigenvalue weighted by atomic mass is 10.1. The average molecular weight is 422 g/mol. The molecule has 0 unspecified atom stereocenters. The molecule has 5 nitrogen and oxygen atoms in total. The number of fused-ring (bicyclic) bond motifs is 2. The summed E-state index contributed by atoms with van der Waals surface area (Å²) in [7, 11) is 3.69. The van der Waals surface area contributed by atoms with Crippen molar-refractivity contribution in [3.63, 3.8) is 0 Å². The number of aryl methyl sites for hydroxylation is 1. The summed E-state index contributed by atoms with van der Waals surface area (Å²) in [4.78, 5) is 18.3. The van der Waals surface area contributed by atoms with Crippen LogP contribution in [0.1, 0.15) is 17.1 Å². The van der Waals surface area contributed by atoms with Gasteiger partial charge in [0.05, 0.1) is 23.7 Å². The number of methoxy groups -OCH3 is 1. The number of hydrogen-bond donors (Lipinski definition) is 0. The van der Waals surface area contributed by atoms with Crippen LogP contribution in [0.25, 0.3) is 39.6 Å². The van der Waals surface area contributed by atoms with Crippen LogP contribution in [0.15, 0.2) is 77.6 Å². The molecular formula is C27H23N3O2. The molecule has 2 aromatic heterocycles. The molecule has 0 N–H and O–H groups in total. The maximum atomic E-state index is 13.5. The molecule has 0 spiro atoms. The van der Waals surface area contributed by atoms with Gasteiger partial charge in [-0.3, -0.25) is 9.36 Å². The molecule has 5 aromatic rings. The van der Waals surface area contributed by atoms with Crippen LogP contribution in [0.3, 0.4) is 0 Å². The summed E-state index contributed by atoms with van der Waals surface area (Å²) < 4.78 is 9.11. The first kappa shape index (κ1) is 19.8. The van der Waals surface area contributed by atoms with Crippen LogP contribution in [0.5, 0.6) is 5.75 Å². The molecule has 5 heteroatoms. The minimum absolute atomic E-state index is 0.102. The molecule has 158 valence electrons. The molecule has 0 aliphatic heterocycles. The molecule has 0 saturated carbocycles. The Bertz CT molecular complexity index is 1540. The minimum atomic E-state index is -0.102. The van der Waals surface area contributed by atoms with Gasteiger partial charge >= 0.3 is 0 Å². The smallest absolute Gasteiger partial charge is 0.266 e. The van der Waals surface area contributed by atoms with Crippen LogP contribution in [0, 0.1) is 6.92 Å². The minimum Gasteiger partial charge on any atom is -0.497 e. The van der Waals surface area contributed by atoms with Gasteiger partial charge in [0, 0.05) is 29.2 Å². The Labute approximate surface area is 185 Å². The molecule has 3 aromatic carbocycles. The van der Waals surface area contributed by atoms with Gasteiger partial charge in [-0.25, -0.2) is 4.98 Å². The molecule has 0 saturated heterocycles. The highest BCUT2D eigenvalue weighted by molar-refractivity contribution is 5.93. The number of rotatable bonds is 4. The van der Waals surface area contributed by atoms with Crippen molar-refractivity contribution in [2.24, 2.45) is 7.05 Å². The molecule has 0 fully saturated rings. The topological polar surface area (TPSA) is 49.0 Å². The lowest BCUT2D eigenvalue weighted by molar-refractivity contribution is 0.414. The predicted octanol–water partition coefficient (Wildman–Crippen LogP) is 5.36. The first-order valence-electron chi connectivity index (χ1n) is 10.5. The van der Waals surface area contributed by atoms with Crippen molar-refractivity contribution >= 4 is 34.0 Å². The van der Waals surface area contributed by atoms with E-state index in [4.69, 9.17) is 9.72 Å². The Morgan fingerprint density at radius 1 is 0.875 bits per heavy atom. The van der Waals surface area contributed by atoms with Crippen LogP contribution in [0.2, 0.25) is 0 Å². The fraction of sp³-hybridized carbons (Fsp3) is 0.111. The number of para-hydroxylation sites is 2. The maximum absolute atomic E-state index is 13.5. The zero-order valence-electron chi connectivity index (χ0n) is 18.2. The van der Waals surface area contributed by atoms with Crippen LogP contribution in [-0.2, 0) is 7.05 Å². The summed E-state index contributed by atoms with van der Waals surface area (Å²) in [5, 5.41) is 1.75. The third kappa shape index (κ3) is 3.19. The first-order valence-corrected chi connectivity index (χ1v) is 10.5. The van der Waals surface area contributed by atoms with E-state index in [9.17, 15) is 4.79 Å². The monoisotopic (exact) mass is 421 g/mol. The summed E-state index contributed by atoms with van der Waals surface area (Å²) >= 11 is 0. The van der Waals surface area contributed by atoms with Gasteiger partial charge < -0.3 is 9.30 Å². The van der Waals surface area contributed by atoms with E-state index in [2.05, 4.69) is 30.7 Å². The SMILES string of the molecule is COc1ccc(-n2c(/C=C/c3c(C)n(C)c4ccccc34)nc3ccccc3c2=O)cc1. The van der Waals surface area contributed by atoms with E-state index in [1.807, 2.05) is 72.8 Å². The molecule has 5 rings (SSSR count). The van der Waals surface area contributed by atoms with Crippen LogP contribution < -0.4 is 10.3 Å². The quantitative estimate of drug-likeness (QED) is 0.392. The number of benzene rings is 3. The summed E-state index contributed by atoms with van der Waals surface area (Å²) in [6.07, 6.45) is 3.97. The summed E-state index contributed by atoms with van der Waals surface area (Å²) in [6.45, 7) is 2.10. The highest BCUT2D eigenvalue weighted by Gasteiger charge is 2.13. The Hall–Kier alpha value is -4.12. The van der Waals surface area contributed by atoms with Crippen LogP contribution in [-0.4, -0.2) is 21.2 Å². The third-order valence-corrected chi connectivity index (χ3v) is 5.98. The largest absolute Gasteiger partial charge is 0.497 e. The van der Waals surface area contributed by atoms with Crippen molar-refractivity contribution < 1.29 is 4.74 Å². The summed E-state index contributed by atoms with van der Waals surface area (Å²) in [6, 6.07) is 23.2. The van der Waals surface area contributed by atoms with Gasteiger partial charge in [-0.15, -0.1) is 0 Å². The van der Waals surface area contributed by atoms with Crippen LogP contribution >= 0.6 is 0 Å². The van der Waals surface area contributed by atoms with E-state index in [0.717, 1.165) is 22.7 Å². The second kappa shape index (κ2) is 7.85. The lowest BCUT2D eigenvalue weighted by Crippen LogP contribution is -2.22. The molecule has 32 heavy (non-hydrogen) atoms. The standard InChI is InChI=1S/C27H23N3O2/c1-18-21(22-8-5-7-11-25(22)29(18)2)16-17-26-28-24-10-6-4-9-23(24)27(31)30(26)19-12-14-20(32-3)15-13-19/h4-17H,1-3H3/b17-16+. The molecule has 0 radical (unpaired) electrons. The molecule has 0 atom stereocenters. The maximum Gasteiger partial charge on any atom is 0.266 e. The summed E-state index contributed by atoms with van der Waals surface area (Å²) in [5.41, 5.74) is 4.76. The second-order valence-electron chi connectivity index (χ2n) is 7.73. The number of ether oxygens (including phenoxy) is 1. The van der Waals surface area contributed by atoms with Crippen molar-refractivity contribution in [2.45, 2.75) is 6.92 Å². The van der Waals surface area contributed by atoms with Gasteiger partial charge in [0.25, 0.3) is 5.56 Å². The van der Waals surface area contributed by atoms with E-state index < -0.39 is 0 Å². The molecule has 0 aliphatic rings. The van der Waals surface area contributed by atoms with Crippen molar-refractivity contribution in [3.8, 4) is 11.4 Å². The lowest BCUT2D eigenvalue weighted by Gasteiger charge is -2.12. The van der Waals surface area contributed by atoms with Gasteiger partial charge in [-0.05, 0) is 61.5 Å². The number of hydrogen-bond acceptors (Lipinski definition) is 3. The van der Waals surface area contributed by atoms with Gasteiger partial charge in [0.15, 0.2) is 0 Å². The fourth-order valence-corrected chi connectivity index (χ4v) is 4.16. The van der Waals surface area contributed by atoms with Gasteiger partial charge in [-0.2, -0.15) is 0 Å². The Balaban J connectivity index is 1.73. The highest BCUT2D eigenvalue weighted by Crippen LogP contribution is 2.27. The van der Waals surface area contributed by atoms with E-state index in [1.165, 1.54) is 10.9 Å². The van der Waals surface area contributed by atoms with Crippen molar-refractivity contribution in [1.29, 1.82) is 0 Å². The summed E-state index contributed by atoms with van der Waals surface area (Å²) in [5.74, 6) is 1.31. The van der Waals surface area contributed by atoms with E-state index in [1.54, 1.807) is 11.7 Å². The normalized spacial score (nSPS) is 11.6. The number of nitrogens with zero attached hydrogens (tertiary/aromatic N) is 3. The Kier molecular flexibility index (Phi) is 4.86. The molecular weight excluding hydrogens is 398 g/mol. The predicted molar refractivity (Wildman–Crippen MR) is 130 cm³/mol.